The summed E-state index contributed by atoms with van der Waals surface area (Å²) < 4.78 is 15.7. The number of benzene rings is 3. The quantitative estimate of drug-likeness (QED) is 0.111. The van der Waals surface area contributed by atoms with Crippen LogP contribution in [0, 0.1) is 23.7 Å². The van der Waals surface area contributed by atoms with Gasteiger partial charge in [0.1, 0.15) is 19.8 Å². The molecule has 0 unspecified atom stereocenters. The third kappa shape index (κ3) is 18.9. The highest BCUT2D eigenvalue weighted by Gasteiger charge is 2.40. The number of hydrogen-bond acceptors (Lipinski definition) is 10. The highest BCUT2D eigenvalue weighted by Crippen LogP contribution is 2.29. The summed E-state index contributed by atoms with van der Waals surface area (Å²) in [7, 11) is 0. The van der Waals surface area contributed by atoms with Gasteiger partial charge >= 0.3 is 36.2 Å². The molecule has 3 aliphatic heterocycles. The second-order valence-electron chi connectivity index (χ2n) is 19.6. The number of aliphatic carboxylic acids is 3. The zero-order chi connectivity index (χ0) is 52.5. The van der Waals surface area contributed by atoms with Crippen molar-refractivity contribution < 1.29 is 58.3 Å². The van der Waals surface area contributed by atoms with E-state index >= 15 is 0 Å². The van der Waals surface area contributed by atoms with Crippen LogP contribution >= 0.6 is 0 Å². The zero-order valence-electron chi connectivity index (χ0n) is 43.0. The van der Waals surface area contributed by atoms with E-state index in [0.29, 0.717) is 31.6 Å². The van der Waals surface area contributed by atoms with Gasteiger partial charge in [0.25, 0.3) is 0 Å². The summed E-state index contributed by atoms with van der Waals surface area (Å²) in [6, 6.07) is 30.0. The fraction of sp³-hybridized carbons (Fsp3) is 0.544. The van der Waals surface area contributed by atoms with Crippen molar-refractivity contribution in [2.24, 2.45) is 23.7 Å². The van der Waals surface area contributed by atoms with Gasteiger partial charge in [-0.15, -0.1) is 0 Å². The maximum absolute atomic E-state index is 12.0. The Morgan fingerprint density at radius 3 is 1.14 bits per heavy atom. The minimum absolute atomic E-state index is 0.0109. The maximum Gasteiger partial charge on any atom is 0.410 e. The molecule has 2 saturated heterocycles. The third-order valence-electron chi connectivity index (χ3n) is 14.5. The Hall–Kier alpha value is -6.42. The fourth-order valence-corrected chi connectivity index (χ4v) is 10.1. The van der Waals surface area contributed by atoms with E-state index in [1.807, 2.05) is 112 Å². The molecule has 16 nitrogen and oxygen atoms in total. The fourth-order valence-electron chi connectivity index (χ4n) is 10.1. The summed E-state index contributed by atoms with van der Waals surface area (Å²) in [6.45, 7) is 8.24. The summed E-state index contributed by atoms with van der Waals surface area (Å²) in [5, 5.41) is 31.2. The van der Waals surface area contributed by atoms with Crippen LogP contribution in [0.15, 0.2) is 102 Å². The van der Waals surface area contributed by atoms with Gasteiger partial charge in [-0.25, -0.2) is 19.2 Å². The highest BCUT2D eigenvalue weighted by molar-refractivity contribution is 5.90. The number of nitrogens with one attached hydrogen (secondary N) is 1. The molecular weight excluding hydrogens is 933 g/mol. The lowest BCUT2D eigenvalue weighted by Gasteiger charge is -2.30. The van der Waals surface area contributed by atoms with Crippen molar-refractivity contribution in [1.29, 1.82) is 0 Å². The summed E-state index contributed by atoms with van der Waals surface area (Å²) >= 11 is 0. The van der Waals surface area contributed by atoms with Crippen LogP contribution in [-0.2, 0) is 48.4 Å². The van der Waals surface area contributed by atoms with Crippen LogP contribution < -0.4 is 5.32 Å². The van der Waals surface area contributed by atoms with Gasteiger partial charge in [0.05, 0.1) is 24.0 Å². The van der Waals surface area contributed by atoms with Gasteiger partial charge in [-0.1, -0.05) is 163 Å². The number of carbonyl (C=O) groups excluding carboxylic acids is 3. The van der Waals surface area contributed by atoms with Gasteiger partial charge in [-0.2, -0.15) is 0 Å². The number of amides is 3. The first-order valence-corrected chi connectivity index (χ1v) is 26.3. The van der Waals surface area contributed by atoms with Gasteiger partial charge in [0, 0.05) is 44.8 Å². The lowest BCUT2D eigenvalue weighted by atomic mass is 9.91. The third-order valence-corrected chi connectivity index (χ3v) is 14.5. The zero-order valence-corrected chi connectivity index (χ0v) is 43.0. The first-order valence-electron chi connectivity index (χ1n) is 26.3. The van der Waals surface area contributed by atoms with Crippen molar-refractivity contribution in [3.63, 3.8) is 0 Å². The molecule has 2 aliphatic carbocycles. The monoisotopic (exact) mass is 1010 g/mol. The van der Waals surface area contributed by atoms with E-state index < -0.39 is 48.0 Å². The first kappa shape index (κ1) is 57.5. The summed E-state index contributed by atoms with van der Waals surface area (Å²) in [5.41, 5.74) is 3.84. The van der Waals surface area contributed by atoms with Crippen LogP contribution in [0.4, 0.5) is 14.4 Å². The smallest absolute Gasteiger partial charge is 0.410 e. The molecule has 73 heavy (non-hydrogen) atoms. The molecule has 398 valence electrons. The Morgan fingerprint density at radius 1 is 0.493 bits per heavy atom. The number of likely N-dealkylation sites (tertiary alicyclic amines) is 2. The summed E-state index contributed by atoms with van der Waals surface area (Å²) in [4.78, 5) is 73.6. The SMILES string of the molecule is C1CCC(NC2CCCCC2)CC1.CCC1=C(C(=O)O)CN(C(=O)OCc2ccccc2)C1.CC[C@@H]1CN(C(=O)OCc2ccccc2)C[C@@H]1C(=O)O.CC[C@@H]1CN(C(=O)OCc2ccccc2)C[C@@H]1C(=O)O. The van der Waals surface area contributed by atoms with Crippen LogP contribution in [0.5, 0.6) is 0 Å². The maximum atomic E-state index is 12.0. The van der Waals surface area contributed by atoms with Gasteiger partial charge in [-0.05, 0) is 66.2 Å². The van der Waals surface area contributed by atoms with E-state index in [1.54, 1.807) is 0 Å². The first-order chi connectivity index (χ1) is 35.3. The molecule has 3 amide bonds. The lowest BCUT2D eigenvalue weighted by molar-refractivity contribution is -0.143. The largest absolute Gasteiger partial charge is 0.481 e. The second-order valence-corrected chi connectivity index (χ2v) is 19.6. The number of carbonyl (C=O) groups is 6. The van der Waals surface area contributed by atoms with E-state index in [0.717, 1.165) is 47.2 Å². The Bertz CT molecular complexity index is 2040. The van der Waals surface area contributed by atoms with Crippen molar-refractivity contribution in [2.75, 3.05) is 39.3 Å². The molecular formula is C57H78N4O12. The molecule has 0 radical (unpaired) electrons. The molecule has 3 heterocycles. The van der Waals surface area contributed by atoms with Crippen LogP contribution in [0.2, 0.25) is 0 Å². The molecule has 0 aromatic heterocycles. The molecule has 0 bridgehead atoms. The Labute approximate surface area is 431 Å². The predicted molar refractivity (Wildman–Crippen MR) is 276 cm³/mol. The van der Waals surface area contributed by atoms with Crippen molar-refractivity contribution >= 4 is 36.2 Å². The van der Waals surface area contributed by atoms with E-state index in [1.165, 1.54) is 78.9 Å². The molecule has 2 saturated carbocycles. The number of ether oxygens (including phenoxy) is 3. The number of carboxylic acids is 3. The van der Waals surface area contributed by atoms with Gasteiger partial charge < -0.3 is 44.6 Å². The summed E-state index contributed by atoms with van der Waals surface area (Å²) in [6.07, 6.45) is 15.3. The molecule has 4 fully saturated rings. The van der Waals surface area contributed by atoms with E-state index in [4.69, 9.17) is 29.5 Å². The minimum atomic E-state index is -0.958. The predicted octanol–water partition coefficient (Wildman–Crippen LogP) is 10.4. The van der Waals surface area contributed by atoms with E-state index in [-0.39, 0.29) is 51.3 Å². The second kappa shape index (κ2) is 30.6. The van der Waals surface area contributed by atoms with Crippen LogP contribution in [0.25, 0.3) is 0 Å². The van der Waals surface area contributed by atoms with E-state index in [2.05, 4.69) is 5.32 Å². The molecule has 4 atom stereocenters. The molecule has 4 N–H and O–H groups in total. The van der Waals surface area contributed by atoms with Crippen LogP contribution in [-0.4, -0.2) is 118 Å². The Kier molecular flexibility index (Phi) is 24.1. The molecule has 3 aromatic rings. The normalized spacial score (nSPS) is 20.8. The molecule has 0 spiro atoms. The van der Waals surface area contributed by atoms with Crippen LogP contribution in [0.1, 0.15) is 121 Å². The number of rotatable bonds is 14. The number of hydrogen-bond donors (Lipinski definition) is 4. The number of nitrogens with zero attached hydrogens (tertiary/aromatic N) is 3. The van der Waals surface area contributed by atoms with Crippen molar-refractivity contribution in [3.8, 4) is 0 Å². The minimum Gasteiger partial charge on any atom is -0.481 e. The van der Waals surface area contributed by atoms with Crippen LogP contribution in [0.3, 0.4) is 0 Å². The van der Waals surface area contributed by atoms with Gasteiger partial charge in [-0.3, -0.25) is 14.5 Å². The lowest BCUT2D eigenvalue weighted by Crippen LogP contribution is -2.40. The molecule has 16 heteroatoms. The summed E-state index contributed by atoms with van der Waals surface area (Å²) in [5.74, 6) is -3.58. The highest BCUT2D eigenvalue weighted by atomic mass is 16.6. The Morgan fingerprint density at radius 2 is 0.849 bits per heavy atom. The molecule has 8 rings (SSSR count). The van der Waals surface area contributed by atoms with Crippen molar-refractivity contribution in [1.82, 2.24) is 20.0 Å². The standard InChI is InChI=1S/2C15H19NO4.C15H17NO4.C12H23N/c3*1-2-12-8-16(9-13(12)14(17)18)15(19)20-10-11-6-4-3-5-7-11;1-3-7-11(8-4-1)13-12-9-5-2-6-10-12/h2*3-7,12-13H,2,8-10H2,1H3,(H,17,18);3-7H,2,8-10H2,1H3,(H,17,18);11-13H,1-10H2/t2*12-,13+;;/m11../s1. The van der Waals surface area contributed by atoms with Gasteiger partial charge in [0.2, 0.25) is 0 Å². The van der Waals surface area contributed by atoms with Crippen molar-refractivity contribution in [2.45, 2.75) is 136 Å². The average Bonchev–Trinajstić information content (AvgIpc) is 4.19. The van der Waals surface area contributed by atoms with Gasteiger partial charge in [0.15, 0.2) is 0 Å². The molecule has 3 aromatic carbocycles. The van der Waals surface area contributed by atoms with Crippen molar-refractivity contribution in [3.05, 3.63) is 119 Å². The van der Waals surface area contributed by atoms with E-state index in [9.17, 15) is 28.8 Å². The number of carboxylic acid groups (broad SMARTS) is 3. The molecule has 5 aliphatic rings. The average molecular weight is 1010 g/mol. The topological polar surface area (TPSA) is 213 Å². The Balaban J connectivity index is 0.000000182.